The predicted molar refractivity (Wildman–Crippen MR) is 71.1 cm³/mol. The molecule has 1 N–H and O–H groups in total. The van der Waals surface area contributed by atoms with Crippen LogP contribution in [0, 0.1) is 13.8 Å². The number of likely N-dealkylation sites (N-methyl/N-ethyl adjacent to an activating group) is 1. The first-order valence-electron chi connectivity index (χ1n) is 5.95. The molecule has 0 aliphatic carbocycles. The highest BCUT2D eigenvalue weighted by Crippen LogP contribution is 2.26. The number of hydrogen-bond donors (Lipinski definition) is 1. The highest BCUT2D eigenvalue weighted by atomic mass is 15.0. The van der Waals surface area contributed by atoms with Gasteiger partial charge >= 0.3 is 0 Å². The van der Waals surface area contributed by atoms with E-state index in [0.717, 1.165) is 13.1 Å². The molecule has 3 nitrogen and oxygen atoms in total. The van der Waals surface area contributed by atoms with E-state index in [4.69, 9.17) is 0 Å². The second-order valence-electron chi connectivity index (χ2n) is 4.28. The third kappa shape index (κ3) is 2.39. The zero-order valence-electron chi connectivity index (χ0n) is 10.7. The minimum absolute atomic E-state index is 0.992. The molecular weight excluding hydrogens is 210 g/mol. The van der Waals surface area contributed by atoms with E-state index in [1.165, 1.54) is 22.5 Å². The summed E-state index contributed by atoms with van der Waals surface area (Å²) in [5.41, 5.74) is 5.18. The average Bonchev–Trinajstić information content (AvgIpc) is 2.64. The first-order chi connectivity index (χ1) is 8.24. The Morgan fingerprint density at radius 1 is 1.24 bits per heavy atom. The van der Waals surface area contributed by atoms with Gasteiger partial charge in [0, 0.05) is 42.4 Å². The van der Waals surface area contributed by atoms with Crippen LogP contribution >= 0.6 is 0 Å². The molecule has 0 aromatic carbocycles. The summed E-state index contributed by atoms with van der Waals surface area (Å²) in [5, 5.41) is 3.19. The summed E-state index contributed by atoms with van der Waals surface area (Å²) in [4.78, 5) is 4.06. The average molecular weight is 229 g/mol. The Labute approximate surface area is 103 Å². The fraction of sp³-hybridized carbons (Fsp3) is 0.357. The van der Waals surface area contributed by atoms with Gasteiger partial charge in [-0.05, 0) is 44.7 Å². The Morgan fingerprint density at radius 2 is 1.94 bits per heavy atom. The topological polar surface area (TPSA) is 29.9 Å². The summed E-state index contributed by atoms with van der Waals surface area (Å²) in [6.45, 7) is 6.34. The molecule has 0 bridgehead atoms. The Kier molecular flexibility index (Phi) is 3.59. The molecule has 0 saturated carbocycles. The van der Waals surface area contributed by atoms with E-state index in [0.29, 0.717) is 0 Å². The largest absolute Gasteiger partial charge is 0.347 e. The number of rotatable bonds is 4. The van der Waals surface area contributed by atoms with Crippen LogP contribution in [-0.2, 0) is 6.54 Å². The van der Waals surface area contributed by atoms with Gasteiger partial charge in [0.25, 0.3) is 0 Å². The summed E-state index contributed by atoms with van der Waals surface area (Å²) in [6, 6.07) is 6.37. The lowest BCUT2D eigenvalue weighted by atomic mass is 10.1. The maximum absolute atomic E-state index is 4.06. The fourth-order valence-corrected chi connectivity index (χ4v) is 2.19. The van der Waals surface area contributed by atoms with Gasteiger partial charge in [-0.2, -0.15) is 0 Å². The van der Waals surface area contributed by atoms with Crippen LogP contribution in [-0.4, -0.2) is 23.1 Å². The molecule has 3 heteroatoms. The Hall–Kier alpha value is -1.61. The van der Waals surface area contributed by atoms with Crippen molar-refractivity contribution in [2.24, 2.45) is 0 Å². The Morgan fingerprint density at radius 3 is 2.59 bits per heavy atom. The van der Waals surface area contributed by atoms with Crippen molar-refractivity contribution < 1.29 is 0 Å². The molecule has 0 aliphatic rings. The third-order valence-electron chi connectivity index (χ3n) is 3.15. The van der Waals surface area contributed by atoms with E-state index >= 15 is 0 Å². The second-order valence-corrected chi connectivity index (χ2v) is 4.28. The number of pyridine rings is 1. The van der Waals surface area contributed by atoms with E-state index in [2.05, 4.69) is 46.9 Å². The number of aryl methyl sites for hydroxylation is 1. The number of nitrogens with one attached hydrogen (secondary N) is 1. The van der Waals surface area contributed by atoms with Crippen molar-refractivity contribution in [1.82, 2.24) is 14.9 Å². The molecule has 17 heavy (non-hydrogen) atoms. The Bertz CT molecular complexity index is 486. The van der Waals surface area contributed by atoms with Crippen molar-refractivity contribution in [3.63, 3.8) is 0 Å². The molecule has 2 heterocycles. The number of hydrogen-bond acceptors (Lipinski definition) is 2. The molecule has 0 aliphatic heterocycles. The van der Waals surface area contributed by atoms with Crippen molar-refractivity contribution >= 4 is 0 Å². The summed E-state index contributed by atoms with van der Waals surface area (Å²) in [6.07, 6.45) is 3.68. The third-order valence-corrected chi connectivity index (χ3v) is 3.15. The molecule has 0 spiro atoms. The van der Waals surface area contributed by atoms with Crippen molar-refractivity contribution in [3.8, 4) is 11.1 Å². The van der Waals surface area contributed by atoms with Gasteiger partial charge in [0.15, 0.2) is 0 Å². The van der Waals surface area contributed by atoms with E-state index in [1.54, 1.807) is 0 Å². The first-order valence-corrected chi connectivity index (χ1v) is 5.95. The van der Waals surface area contributed by atoms with Gasteiger partial charge in [-0.3, -0.25) is 4.98 Å². The van der Waals surface area contributed by atoms with Crippen LogP contribution in [0.15, 0.2) is 30.6 Å². The number of nitrogens with zero attached hydrogens (tertiary/aromatic N) is 2. The monoisotopic (exact) mass is 229 g/mol. The van der Waals surface area contributed by atoms with Gasteiger partial charge in [0.05, 0.1) is 0 Å². The molecule has 90 valence electrons. The molecule has 0 unspecified atom stereocenters. The van der Waals surface area contributed by atoms with Crippen LogP contribution in [0.4, 0.5) is 0 Å². The smallest absolute Gasteiger partial charge is 0.0350 e. The lowest BCUT2D eigenvalue weighted by Gasteiger charge is -2.09. The number of aromatic nitrogens is 2. The molecule has 2 aromatic heterocycles. The standard InChI is InChI=1S/C14H19N3/c1-11-10-14(13-4-6-16-7-5-13)12(2)17(11)9-8-15-3/h4-7,10,15H,8-9H2,1-3H3. The zero-order valence-corrected chi connectivity index (χ0v) is 10.7. The Balaban J connectivity index is 2.37. The quantitative estimate of drug-likeness (QED) is 0.872. The van der Waals surface area contributed by atoms with E-state index in [-0.39, 0.29) is 0 Å². The van der Waals surface area contributed by atoms with Crippen LogP contribution in [0.25, 0.3) is 11.1 Å². The SMILES string of the molecule is CNCCn1c(C)cc(-c2ccncc2)c1C. The fourth-order valence-electron chi connectivity index (χ4n) is 2.19. The predicted octanol–water partition coefficient (Wildman–Crippen LogP) is 2.39. The van der Waals surface area contributed by atoms with Crippen molar-refractivity contribution in [1.29, 1.82) is 0 Å². The molecule has 0 fully saturated rings. The van der Waals surface area contributed by atoms with Gasteiger partial charge in [0.2, 0.25) is 0 Å². The molecule has 0 radical (unpaired) electrons. The van der Waals surface area contributed by atoms with Crippen LogP contribution in [0.5, 0.6) is 0 Å². The summed E-state index contributed by atoms with van der Waals surface area (Å²) < 4.78 is 2.35. The van der Waals surface area contributed by atoms with E-state index in [1.807, 2.05) is 19.4 Å². The summed E-state index contributed by atoms with van der Waals surface area (Å²) in [5.74, 6) is 0. The second kappa shape index (κ2) is 5.15. The van der Waals surface area contributed by atoms with Crippen molar-refractivity contribution in [2.45, 2.75) is 20.4 Å². The molecule has 2 rings (SSSR count). The molecule has 2 aromatic rings. The normalized spacial score (nSPS) is 10.8. The lowest BCUT2D eigenvalue weighted by Crippen LogP contribution is -2.16. The van der Waals surface area contributed by atoms with Crippen LogP contribution < -0.4 is 5.32 Å². The van der Waals surface area contributed by atoms with E-state index in [9.17, 15) is 0 Å². The highest BCUT2D eigenvalue weighted by Gasteiger charge is 2.09. The first kappa shape index (κ1) is 11.9. The van der Waals surface area contributed by atoms with Gasteiger partial charge in [-0.25, -0.2) is 0 Å². The van der Waals surface area contributed by atoms with Gasteiger partial charge < -0.3 is 9.88 Å². The maximum Gasteiger partial charge on any atom is 0.0350 e. The van der Waals surface area contributed by atoms with Crippen LogP contribution in [0.2, 0.25) is 0 Å². The van der Waals surface area contributed by atoms with Crippen molar-refractivity contribution in [3.05, 3.63) is 42.0 Å². The van der Waals surface area contributed by atoms with E-state index < -0.39 is 0 Å². The minimum Gasteiger partial charge on any atom is -0.347 e. The van der Waals surface area contributed by atoms with Gasteiger partial charge in [0.1, 0.15) is 0 Å². The summed E-state index contributed by atoms with van der Waals surface area (Å²) >= 11 is 0. The van der Waals surface area contributed by atoms with Crippen LogP contribution in [0.3, 0.4) is 0 Å². The van der Waals surface area contributed by atoms with Gasteiger partial charge in [-0.1, -0.05) is 0 Å². The van der Waals surface area contributed by atoms with Gasteiger partial charge in [-0.15, -0.1) is 0 Å². The highest BCUT2D eigenvalue weighted by molar-refractivity contribution is 5.66. The lowest BCUT2D eigenvalue weighted by molar-refractivity contribution is 0.623. The molecular formula is C14H19N3. The molecule has 0 atom stereocenters. The molecule has 0 saturated heterocycles. The van der Waals surface area contributed by atoms with Crippen molar-refractivity contribution in [2.75, 3.05) is 13.6 Å². The maximum atomic E-state index is 4.06. The minimum atomic E-state index is 0.992. The zero-order chi connectivity index (χ0) is 12.3. The summed E-state index contributed by atoms with van der Waals surface area (Å²) in [7, 11) is 1.98. The van der Waals surface area contributed by atoms with Crippen LogP contribution in [0.1, 0.15) is 11.4 Å². The molecule has 0 amide bonds.